The Kier molecular flexibility index (Phi) is 4.03. The summed E-state index contributed by atoms with van der Waals surface area (Å²) >= 11 is 3.97. The minimum absolute atomic E-state index is 0.490. The molecule has 94 valence electrons. The Balaban J connectivity index is 1.82. The van der Waals surface area contributed by atoms with Crippen LogP contribution in [-0.4, -0.2) is 19.5 Å². The van der Waals surface area contributed by atoms with Crippen molar-refractivity contribution in [3.8, 4) is 11.3 Å². The van der Waals surface area contributed by atoms with Gasteiger partial charge in [-0.05, 0) is 0 Å². The van der Waals surface area contributed by atoms with Crippen molar-refractivity contribution in [2.75, 3.05) is 0 Å². The van der Waals surface area contributed by atoms with E-state index in [1.165, 1.54) is 47.9 Å². The molecule has 1 aliphatic rings. The fourth-order valence-corrected chi connectivity index (χ4v) is 4.94. The molecule has 1 heterocycles. The number of nitrogens with zero attached hydrogens (tertiary/aromatic N) is 1. The third-order valence-corrected chi connectivity index (χ3v) is 6.26. The Morgan fingerprint density at radius 3 is 2.50 bits per heavy atom. The molecule has 0 unspecified atom stereocenters. The molecule has 0 spiro atoms. The number of halogens is 1. The standard InChI is InChI=1S/C15H16BrNSe/c16-13-8-6-11(7-9-13)14-10-18-15(17-14)12-4-2-1-3-5-12/h6-10,12H,1-5H2. The summed E-state index contributed by atoms with van der Waals surface area (Å²) in [6, 6.07) is 8.49. The van der Waals surface area contributed by atoms with Crippen LogP contribution in [0.4, 0.5) is 0 Å². The monoisotopic (exact) mass is 369 g/mol. The molecule has 2 aromatic rings. The van der Waals surface area contributed by atoms with E-state index in [1.807, 2.05) is 0 Å². The van der Waals surface area contributed by atoms with Crippen LogP contribution in [0.25, 0.3) is 11.3 Å². The molecular formula is C15H16BrNSe. The molecule has 0 aliphatic heterocycles. The van der Waals surface area contributed by atoms with E-state index in [0.29, 0.717) is 14.5 Å². The quantitative estimate of drug-likeness (QED) is 0.705. The summed E-state index contributed by atoms with van der Waals surface area (Å²) in [6.07, 6.45) is 6.94. The predicted octanol–water partition coefficient (Wildman–Crippen LogP) is 4.62. The molecule has 3 heteroatoms. The van der Waals surface area contributed by atoms with E-state index in [0.717, 1.165) is 10.4 Å². The van der Waals surface area contributed by atoms with Crippen LogP contribution in [0.5, 0.6) is 0 Å². The van der Waals surface area contributed by atoms with Gasteiger partial charge in [0.15, 0.2) is 0 Å². The van der Waals surface area contributed by atoms with E-state index < -0.39 is 0 Å². The molecule has 0 bridgehead atoms. The minimum atomic E-state index is 0.490. The molecule has 1 aliphatic carbocycles. The number of aromatic nitrogens is 1. The van der Waals surface area contributed by atoms with Crippen LogP contribution in [-0.2, 0) is 0 Å². The molecule has 0 radical (unpaired) electrons. The van der Waals surface area contributed by atoms with E-state index in [2.05, 4.69) is 45.1 Å². The van der Waals surface area contributed by atoms with Crippen LogP contribution in [0.15, 0.2) is 33.7 Å². The summed E-state index contributed by atoms with van der Waals surface area (Å²) in [5.41, 5.74) is 2.45. The van der Waals surface area contributed by atoms with Gasteiger partial charge in [0.25, 0.3) is 0 Å². The van der Waals surface area contributed by atoms with Crippen LogP contribution >= 0.6 is 15.9 Å². The third-order valence-electron chi connectivity index (χ3n) is 3.62. The molecule has 1 aromatic carbocycles. The number of hydrogen-bond acceptors (Lipinski definition) is 1. The SMILES string of the molecule is Brc1ccc(-c2c[se]c(C3CCCCC3)n2)cc1. The molecule has 0 N–H and O–H groups in total. The average molecular weight is 369 g/mol. The molecule has 18 heavy (non-hydrogen) atoms. The van der Waals surface area contributed by atoms with Crippen LogP contribution < -0.4 is 0 Å². The third kappa shape index (κ3) is 2.79. The first-order valence-corrected chi connectivity index (χ1v) is 9.18. The summed E-state index contributed by atoms with van der Waals surface area (Å²) < 4.78 is 2.62. The van der Waals surface area contributed by atoms with Gasteiger partial charge in [-0.1, -0.05) is 0 Å². The van der Waals surface area contributed by atoms with Gasteiger partial charge in [0.1, 0.15) is 0 Å². The van der Waals surface area contributed by atoms with Gasteiger partial charge in [0, 0.05) is 0 Å². The summed E-state index contributed by atoms with van der Waals surface area (Å²) in [5.74, 6) is 0.781. The number of hydrogen-bond donors (Lipinski definition) is 0. The van der Waals surface area contributed by atoms with Gasteiger partial charge in [0.05, 0.1) is 0 Å². The Morgan fingerprint density at radius 1 is 1.06 bits per heavy atom. The maximum absolute atomic E-state index is 4.90. The van der Waals surface area contributed by atoms with Crippen molar-refractivity contribution in [1.82, 2.24) is 4.98 Å². The Hall–Kier alpha value is -0.371. The molecule has 0 atom stereocenters. The summed E-state index contributed by atoms with van der Waals surface area (Å²) in [4.78, 5) is 7.25. The summed E-state index contributed by atoms with van der Waals surface area (Å²) in [7, 11) is 0. The average Bonchev–Trinajstić information content (AvgIpc) is 2.90. The zero-order valence-electron chi connectivity index (χ0n) is 10.2. The van der Waals surface area contributed by atoms with Gasteiger partial charge in [-0.2, -0.15) is 0 Å². The van der Waals surface area contributed by atoms with E-state index in [1.54, 1.807) is 0 Å². The van der Waals surface area contributed by atoms with Crippen LogP contribution in [0.3, 0.4) is 0 Å². The second kappa shape index (κ2) is 5.73. The Morgan fingerprint density at radius 2 is 1.78 bits per heavy atom. The van der Waals surface area contributed by atoms with Crippen LogP contribution in [0, 0.1) is 0 Å². The van der Waals surface area contributed by atoms with Gasteiger partial charge in [-0.15, -0.1) is 0 Å². The predicted molar refractivity (Wildman–Crippen MR) is 80.1 cm³/mol. The van der Waals surface area contributed by atoms with Crippen molar-refractivity contribution in [2.24, 2.45) is 0 Å². The van der Waals surface area contributed by atoms with E-state index in [-0.39, 0.29) is 0 Å². The molecule has 1 aromatic heterocycles. The normalized spacial score (nSPS) is 16.9. The van der Waals surface area contributed by atoms with Crippen molar-refractivity contribution in [3.63, 3.8) is 0 Å². The number of rotatable bonds is 2. The Bertz CT molecular complexity index is 512. The molecule has 1 fully saturated rings. The van der Waals surface area contributed by atoms with Crippen molar-refractivity contribution in [2.45, 2.75) is 38.0 Å². The van der Waals surface area contributed by atoms with E-state index >= 15 is 0 Å². The summed E-state index contributed by atoms with van der Waals surface area (Å²) in [6.45, 7) is 0. The van der Waals surface area contributed by atoms with Crippen LogP contribution in [0.2, 0.25) is 0 Å². The first-order valence-electron chi connectivity index (χ1n) is 6.54. The summed E-state index contributed by atoms with van der Waals surface area (Å²) in [5, 5.41) is 0. The van der Waals surface area contributed by atoms with Gasteiger partial charge >= 0.3 is 123 Å². The molecule has 1 nitrogen and oxygen atoms in total. The first-order chi connectivity index (χ1) is 8.83. The van der Waals surface area contributed by atoms with Crippen molar-refractivity contribution in [1.29, 1.82) is 0 Å². The van der Waals surface area contributed by atoms with Gasteiger partial charge in [-0.3, -0.25) is 0 Å². The second-order valence-electron chi connectivity index (χ2n) is 4.91. The topological polar surface area (TPSA) is 12.9 Å². The molecular weight excluding hydrogens is 353 g/mol. The zero-order chi connectivity index (χ0) is 12.4. The van der Waals surface area contributed by atoms with Crippen molar-refractivity contribution >= 4 is 30.4 Å². The van der Waals surface area contributed by atoms with Crippen molar-refractivity contribution < 1.29 is 0 Å². The Labute approximate surface area is 123 Å². The second-order valence-corrected chi connectivity index (χ2v) is 7.70. The zero-order valence-corrected chi connectivity index (χ0v) is 13.5. The molecule has 0 amide bonds. The maximum atomic E-state index is 4.90. The van der Waals surface area contributed by atoms with E-state index in [9.17, 15) is 0 Å². The van der Waals surface area contributed by atoms with Gasteiger partial charge < -0.3 is 0 Å². The fourth-order valence-electron chi connectivity index (χ4n) is 2.58. The molecule has 0 saturated heterocycles. The van der Waals surface area contributed by atoms with Crippen LogP contribution in [0.1, 0.15) is 42.6 Å². The van der Waals surface area contributed by atoms with Gasteiger partial charge in [0.2, 0.25) is 0 Å². The molecule has 1 saturated carbocycles. The number of benzene rings is 1. The first kappa shape index (κ1) is 12.7. The van der Waals surface area contributed by atoms with E-state index in [4.69, 9.17) is 4.98 Å². The molecule has 3 rings (SSSR count). The van der Waals surface area contributed by atoms with Crippen molar-refractivity contribution in [3.05, 3.63) is 38.2 Å². The van der Waals surface area contributed by atoms with Gasteiger partial charge in [-0.25, -0.2) is 0 Å². The fraction of sp³-hybridized carbons (Fsp3) is 0.400.